The van der Waals surface area contributed by atoms with E-state index >= 15 is 0 Å². The Morgan fingerprint density at radius 3 is 0.971 bits per heavy atom. The van der Waals surface area contributed by atoms with Crippen LogP contribution in [-0.2, 0) is 28.4 Å². The predicted octanol–water partition coefficient (Wildman–Crippen LogP) is 7.28. The van der Waals surface area contributed by atoms with Crippen LogP contribution >= 0.6 is 0 Å². The number of methoxy groups -OCH3 is 1. The first-order valence-corrected chi connectivity index (χ1v) is 13.1. The van der Waals surface area contributed by atoms with E-state index in [1.807, 2.05) is 0 Å². The van der Waals surface area contributed by atoms with Gasteiger partial charge in [0.25, 0.3) is 0 Å². The molecular weight excluding hydrogens is 444 g/mol. The van der Waals surface area contributed by atoms with Gasteiger partial charge in [-0.25, -0.2) is 0 Å². The zero-order valence-corrected chi connectivity index (χ0v) is 25.1. The molecule has 0 radical (unpaired) electrons. The summed E-state index contributed by atoms with van der Waals surface area (Å²) < 4.78 is 31.5. The van der Waals surface area contributed by atoms with Crippen LogP contribution in [0.2, 0.25) is 0 Å². The lowest BCUT2D eigenvalue weighted by Gasteiger charge is -2.17. The van der Waals surface area contributed by atoms with E-state index in [1.54, 1.807) is 7.11 Å². The van der Waals surface area contributed by atoms with Gasteiger partial charge in [-0.15, -0.1) is 0 Å². The molecule has 6 heteroatoms. The third kappa shape index (κ3) is 55.5. The van der Waals surface area contributed by atoms with Gasteiger partial charge in [-0.05, 0) is 29.1 Å². The minimum Gasteiger partial charge on any atom is -0.382 e. The predicted molar refractivity (Wildman–Crippen MR) is 152 cm³/mol. The Kier molecular flexibility index (Phi) is 32.1. The molecule has 0 aromatic heterocycles. The Morgan fingerprint density at radius 1 is 0.400 bits per heavy atom. The van der Waals surface area contributed by atoms with Gasteiger partial charge in [0.2, 0.25) is 0 Å². The number of ether oxygens (including phenoxy) is 6. The van der Waals surface area contributed by atoms with Gasteiger partial charge in [-0.2, -0.15) is 0 Å². The Balaban J connectivity index is -0.000000206. The van der Waals surface area contributed by atoms with Crippen LogP contribution in [0.3, 0.4) is 0 Å². The Labute approximate surface area is 221 Å². The van der Waals surface area contributed by atoms with Gasteiger partial charge < -0.3 is 28.4 Å². The smallest absolute Gasteiger partial charge is 0.0701 e. The maximum absolute atomic E-state index is 5.42. The molecular formula is C29H66O6. The molecule has 0 N–H and O–H groups in total. The van der Waals surface area contributed by atoms with E-state index in [9.17, 15) is 0 Å². The molecule has 0 heterocycles. The van der Waals surface area contributed by atoms with E-state index in [4.69, 9.17) is 28.4 Å². The van der Waals surface area contributed by atoms with E-state index < -0.39 is 0 Å². The SMILES string of the molecule is C.CCCOCC(C)(C)C.CCCOCCOCC(C)(C)C.COCCOCCOCC(C)(C)C. The molecule has 6 nitrogen and oxygen atoms in total. The number of rotatable bonds is 16. The van der Waals surface area contributed by atoms with Gasteiger partial charge in [-0.1, -0.05) is 83.6 Å². The summed E-state index contributed by atoms with van der Waals surface area (Å²) in [4.78, 5) is 0. The van der Waals surface area contributed by atoms with Crippen LogP contribution in [-0.4, -0.2) is 79.8 Å². The molecule has 0 unspecified atom stereocenters. The van der Waals surface area contributed by atoms with Crippen molar-refractivity contribution in [3.8, 4) is 0 Å². The van der Waals surface area contributed by atoms with Crippen molar-refractivity contribution in [1.82, 2.24) is 0 Å². The zero-order valence-electron chi connectivity index (χ0n) is 25.1. The molecule has 0 rings (SSSR count). The van der Waals surface area contributed by atoms with Crippen molar-refractivity contribution >= 4 is 0 Å². The molecule has 0 aliphatic carbocycles. The lowest BCUT2D eigenvalue weighted by atomic mass is 9.99. The van der Waals surface area contributed by atoms with Crippen molar-refractivity contribution in [1.29, 1.82) is 0 Å². The van der Waals surface area contributed by atoms with E-state index in [2.05, 4.69) is 76.2 Å². The topological polar surface area (TPSA) is 55.4 Å². The van der Waals surface area contributed by atoms with Crippen molar-refractivity contribution in [2.45, 2.75) is 96.4 Å². The Morgan fingerprint density at radius 2 is 0.657 bits per heavy atom. The van der Waals surface area contributed by atoms with Gasteiger partial charge in [0.1, 0.15) is 0 Å². The van der Waals surface area contributed by atoms with Crippen LogP contribution in [0.15, 0.2) is 0 Å². The molecule has 0 spiro atoms. The number of hydrogen-bond acceptors (Lipinski definition) is 6. The van der Waals surface area contributed by atoms with Crippen molar-refractivity contribution in [2.75, 3.05) is 79.8 Å². The number of hydrogen-bond donors (Lipinski definition) is 0. The summed E-state index contributed by atoms with van der Waals surface area (Å²) >= 11 is 0. The Hall–Kier alpha value is -0.240. The molecule has 0 aliphatic rings. The van der Waals surface area contributed by atoms with Crippen molar-refractivity contribution < 1.29 is 28.4 Å². The summed E-state index contributed by atoms with van der Waals surface area (Å²) in [6, 6.07) is 0. The standard InChI is InChI=1S/C10H22O3.C10H22O2.C8H18O.CH4/c1-10(2,3)9-13-8-7-12-6-5-11-4;1-5-6-11-7-8-12-9-10(2,3)4;1-5-6-9-7-8(2,3)4;/h5-9H2,1-4H3;5-9H2,1-4H3;5-7H2,1-4H3;1H4. The first-order chi connectivity index (χ1) is 15.7. The maximum Gasteiger partial charge on any atom is 0.0701 e. The Bertz CT molecular complexity index is 380. The summed E-state index contributed by atoms with van der Waals surface area (Å²) in [7, 11) is 1.67. The summed E-state index contributed by atoms with van der Waals surface area (Å²) in [6.45, 7) is 32.0. The van der Waals surface area contributed by atoms with Crippen LogP contribution < -0.4 is 0 Å². The fraction of sp³-hybridized carbons (Fsp3) is 1.00. The monoisotopic (exact) mass is 510 g/mol. The minimum absolute atomic E-state index is 0. The maximum atomic E-state index is 5.42. The van der Waals surface area contributed by atoms with Gasteiger partial charge >= 0.3 is 0 Å². The second-order valence-corrected chi connectivity index (χ2v) is 12.1. The lowest BCUT2D eigenvalue weighted by molar-refractivity contribution is 0.00574. The molecule has 0 atom stereocenters. The largest absolute Gasteiger partial charge is 0.382 e. The first-order valence-electron chi connectivity index (χ1n) is 13.1. The molecule has 0 fully saturated rings. The van der Waals surface area contributed by atoms with Crippen LogP contribution in [0.25, 0.3) is 0 Å². The highest BCUT2D eigenvalue weighted by Gasteiger charge is 2.10. The summed E-state index contributed by atoms with van der Waals surface area (Å²) in [5.74, 6) is 0. The van der Waals surface area contributed by atoms with Crippen molar-refractivity contribution in [3.63, 3.8) is 0 Å². The molecule has 0 aliphatic heterocycles. The van der Waals surface area contributed by atoms with Gasteiger partial charge in [0.15, 0.2) is 0 Å². The fourth-order valence-electron chi connectivity index (χ4n) is 2.01. The highest BCUT2D eigenvalue weighted by atomic mass is 16.5. The average Bonchev–Trinajstić information content (AvgIpc) is 2.69. The molecule has 218 valence electrons. The van der Waals surface area contributed by atoms with Crippen molar-refractivity contribution in [3.05, 3.63) is 0 Å². The second kappa shape index (κ2) is 26.8. The van der Waals surface area contributed by atoms with E-state index in [-0.39, 0.29) is 18.3 Å². The minimum atomic E-state index is 0. The highest BCUT2D eigenvalue weighted by Crippen LogP contribution is 2.13. The first kappa shape index (κ1) is 41.9. The van der Waals surface area contributed by atoms with Crippen LogP contribution in [0, 0.1) is 16.2 Å². The highest BCUT2D eigenvalue weighted by molar-refractivity contribution is 4.59. The molecule has 0 amide bonds. The third-order valence-electron chi connectivity index (χ3n) is 3.48. The van der Waals surface area contributed by atoms with Crippen LogP contribution in [0.4, 0.5) is 0 Å². The fourth-order valence-corrected chi connectivity index (χ4v) is 2.01. The van der Waals surface area contributed by atoms with Crippen LogP contribution in [0.1, 0.15) is 96.4 Å². The van der Waals surface area contributed by atoms with Crippen molar-refractivity contribution in [2.24, 2.45) is 16.2 Å². The molecule has 0 saturated carbocycles. The normalized spacial score (nSPS) is 11.7. The van der Waals surface area contributed by atoms with E-state index in [1.165, 1.54) is 0 Å². The van der Waals surface area contributed by atoms with Gasteiger partial charge in [0, 0.05) is 20.3 Å². The lowest BCUT2D eigenvalue weighted by Crippen LogP contribution is -2.17. The van der Waals surface area contributed by atoms with Crippen LogP contribution in [0.5, 0.6) is 0 Å². The molecule has 35 heavy (non-hydrogen) atoms. The van der Waals surface area contributed by atoms with Gasteiger partial charge in [-0.3, -0.25) is 0 Å². The van der Waals surface area contributed by atoms with E-state index in [0.717, 1.165) is 59.1 Å². The summed E-state index contributed by atoms with van der Waals surface area (Å²) in [5, 5.41) is 0. The summed E-state index contributed by atoms with van der Waals surface area (Å²) in [6.07, 6.45) is 2.20. The molecule has 0 saturated heterocycles. The van der Waals surface area contributed by atoms with E-state index in [0.29, 0.717) is 31.8 Å². The summed E-state index contributed by atoms with van der Waals surface area (Å²) in [5.41, 5.74) is 0.840. The second-order valence-electron chi connectivity index (χ2n) is 12.1. The van der Waals surface area contributed by atoms with Gasteiger partial charge in [0.05, 0.1) is 59.5 Å². The molecule has 0 bridgehead atoms. The average molecular weight is 511 g/mol. The molecule has 0 aromatic carbocycles. The molecule has 0 aromatic rings. The zero-order chi connectivity index (χ0) is 26.9. The third-order valence-corrected chi connectivity index (χ3v) is 3.48. The quantitative estimate of drug-likeness (QED) is 0.203.